The SMILES string of the molecule is CCCC(CCN)CCC(=O)Nc1cccnc1N(C)C. The van der Waals surface area contributed by atoms with Crippen molar-refractivity contribution in [2.45, 2.75) is 39.0 Å². The number of aromatic nitrogens is 1. The van der Waals surface area contributed by atoms with Crippen molar-refractivity contribution in [3.63, 3.8) is 0 Å². The van der Waals surface area contributed by atoms with Gasteiger partial charge in [0, 0.05) is 26.7 Å². The third-order valence-electron chi connectivity index (χ3n) is 3.54. The third kappa shape index (κ3) is 6.12. The Balaban J connectivity index is 2.53. The molecule has 0 aliphatic heterocycles. The number of amides is 1. The maximum atomic E-state index is 12.1. The highest BCUT2D eigenvalue weighted by atomic mass is 16.1. The van der Waals surface area contributed by atoms with Crippen LogP contribution in [0, 0.1) is 5.92 Å². The standard InChI is InChI=1S/C16H28N4O/c1-4-6-13(10-11-17)8-9-15(21)19-14-7-5-12-18-16(14)20(2)3/h5,7,12-13H,4,6,8-11,17H2,1-3H3,(H,19,21). The summed E-state index contributed by atoms with van der Waals surface area (Å²) in [4.78, 5) is 18.3. The molecule has 5 nitrogen and oxygen atoms in total. The Hall–Kier alpha value is -1.62. The van der Waals surface area contributed by atoms with Crippen LogP contribution < -0.4 is 16.0 Å². The number of nitrogens with one attached hydrogen (secondary N) is 1. The van der Waals surface area contributed by atoms with E-state index >= 15 is 0 Å². The molecule has 0 saturated carbocycles. The van der Waals surface area contributed by atoms with E-state index in [1.807, 2.05) is 31.1 Å². The van der Waals surface area contributed by atoms with Gasteiger partial charge in [0.25, 0.3) is 0 Å². The fraction of sp³-hybridized carbons (Fsp3) is 0.625. The van der Waals surface area contributed by atoms with E-state index in [1.165, 1.54) is 0 Å². The second-order valence-electron chi connectivity index (χ2n) is 5.59. The molecule has 0 saturated heterocycles. The Labute approximate surface area is 127 Å². The molecule has 3 N–H and O–H groups in total. The Kier molecular flexibility index (Phi) is 7.75. The Bertz CT molecular complexity index is 428. The first-order valence-electron chi connectivity index (χ1n) is 7.70. The zero-order chi connectivity index (χ0) is 15.7. The lowest BCUT2D eigenvalue weighted by molar-refractivity contribution is -0.116. The summed E-state index contributed by atoms with van der Waals surface area (Å²) < 4.78 is 0. The summed E-state index contributed by atoms with van der Waals surface area (Å²) in [6.07, 6.45) is 6.43. The Morgan fingerprint density at radius 2 is 2.14 bits per heavy atom. The van der Waals surface area contributed by atoms with Crippen molar-refractivity contribution in [2.24, 2.45) is 11.7 Å². The first-order valence-corrected chi connectivity index (χ1v) is 7.70. The van der Waals surface area contributed by atoms with E-state index in [-0.39, 0.29) is 5.91 Å². The summed E-state index contributed by atoms with van der Waals surface area (Å²) >= 11 is 0. The van der Waals surface area contributed by atoms with Crippen molar-refractivity contribution in [2.75, 3.05) is 30.9 Å². The van der Waals surface area contributed by atoms with Crippen LogP contribution in [0.1, 0.15) is 39.0 Å². The molecule has 1 atom stereocenters. The summed E-state index contributed by atoms with van der Waals surface area (Å²) in [7, 11) is 3.83. The van der Waals surface area contributed by atoms with Crippen LogP contribution in [-0.2, 0) is 4.79 Å². The zero-order valence-corrected chi connectivity index (χ0v) is 13.4. The molecule has 1 unspecified atom stereocenters. The zero-order valence-electron chi connectivity index (χ0n) is 13.4. The number of nitrogens with two attached hydrogens (primary N) is 1. The first-order chi connectivity index (χ1) is 10.1. The van der Waals surface area contributed by atoms with Gasteiger partial charge < -0.3 is 16.0 Å². The second-order valence-corrected chi connectivity index (χ2v) is 5.59. The predicted molar refractivity (Wildman–Crippen MR) is 88.5 cm³/mol. The average molecular weight is 292 g/mol. The van der Waals surface area contributed by atoms with Gasteiger partial charge in [-0.1, -0.05) is 19.8 Å². The molecule has 21 heavy (non-hydrogen) atoms. The van der Waals surface area contributed by atoms with Gasteiger partial charge in [-0.2, -0.15) is 0 Å². The maximum Gasteiger partial charge on any atom is 0.224 e. The number of hydrogen-bond donors (Lipinski definition) is 2. The van der Waals surface area contributed by atoms with E-state index in [2.05, 4.69) is 17.2 Å². The number of rotatable bonds is 9. The molecule has 1 amide bonds. The summed E-state index contributed by atoms with van der Waals surface area (Å²) in [5, 5.41) is 2.96. The van der Waals surface area contributed by atoms with Crippen molar-refractivity contribution in [3.8, 4) is 0 Å². The minimum absolute atomic E-state index is 0.0456. The summed E-state index contributed by atoms with van der Waals surface area (Å²) in [5.74, 6) is 1.37. The number of nitrogens with zero attached hydrogens (tertiary/aromatic N) is 2. The van der Waals surface area contributed by atoms with E-state index in [9.17, 15) is 4.79 Å². The third-order valence-corrected chi connectivity index (χ3v) is 3.54. The topological polar surface area (TPSA) is 71.2 Å². The molecule has 0 fully saturated rings. The van der Waals surface area contributed by atoms with Gasteiger partial charge in [0.2, 0.25) is 5.91 Å². The molecule has 0 radical (unpaired) electrons. The fourth-order valence-corrected chi connectivity index (χ4v) is 2.48. The highest BCUT2D eigenvalue weighted by Gasteiger charge is 2.12. The fourth-order valence-electron chi connectivity index (χ4n) is 2.48. The maximum absolute atomic E-state index is 12.1. The van der Waals surface area contributed by atoms with Gasteiger partial charge in [-0.3, -0.25) is 4.79 Å². The molecule has 0 bridgehead atoms. The van der Waals surface area contributed by atoms with Crippen LogP contribution in [0.15, 0.2) is 18.3 Å². The van der Waals surface area contributed by atoms with Crippen molar-refractivity contribution >= 4 is 17.4 Å². The van der Waals surface area contributed by atoms with Gasteiger partial charge in [0.15, 0.2) is 5.82 Å². The lowest BCUT2D eigenvalue weighted by atomic mass is 9.94. The van der Waals surface area contributed by atoms with Crippen molar-refractivity contribution in [3.05, 3.63) is 18.3 Å². The van der Waals surface area contributed by atoms with Crippen LogP contribution in [-0.4, -0.2) is 31.5 Å². The van der Waals surface area contributed by atoms with Gasteiger partial charge in [0.05, 0.1) is 5.69 Å². The van der Waals surface area contributed by atoms with Gasteiger partial charge in [-0.25, -0.2) is 4.98 Å². The van der Waals surface area contributed by atoms with Crippen molar-refractivity contribution in [1.82, 2.24) is 4.98 Å². The molecule has 0 spiro atoms. The monoisotopic (exact) mass is 292 g/mol. The number of anilines is 2. The van der Waals surface area contributed by atoms with E-state index in [4.69, 9.17) is 5.73 Å². The minimum atomic E-state index is 0.0456. The summed E-state index contributed by atoms with van der Waals surface area (Å²) in [6.45, 7) is 2.86. The lowest BCUT2D eigenvalue weighted by Gasteiger charge is -2.17. The second kappa shape index (κ2) is 9.34. The Morgan fingerprint density at radius 3 is 2.76 bits per heavy atom. The van der Waals surface area contributed by atoms with E-state index in [0.29, 0.717) is 18.9 Å². The van der Waals surface area contributed by atoms with Crippen molar-refractivity contribution in [1.29, 1.82) is 0 Å². The smallest absolute Gasteiger partial charge is 0.224 e. The average Bonchev–Trinajstić information content (AvgIpc) is 2.45. The van der Waals surface area contributed by atoms with E-state index in [1.54, 1.807) is 6.20 Å². The largest absolute Gasteiger partial charge is 0.361 e. The molecule has 0 aliphatic rings. The van der Waals surface area contributed by atoms with Crippen LogP contribution in [0.25, 0.3) is 0 Å². The molecule has 1 heterocycles. The van der Waals surface area contributed by atoms with E-state index < -0.39 is 0 Å². The Morgan fingerprint density at radius 1 is 1.38 bits per heavy atom. The minimum Gasteiger partial charge on any atom is -0.361 e. The normalized spacial score (nSPS) is 12.0. The van der Waals surface area contributed by atoms with Gasteiger partial charge >= 0.3 is 0 Å². The van der Waals surface area contributed by atoms with Gasteiger partial charge in [-0.15, -0.1) is 0 Å². The van der Waals surface area contributed by atoms with E-state index in [0.717, 1.165) is 37.2 Å². The molecule has 1 aromatic heterocycles. The molecule has 1 aromatic rings. The van der Waals surface area contributed by atoms with Crippen molar-refractivity contribution < 1.29 is 4.79 Å². The highest BCUT2D eigenvalue weighted by molar-refractivity contribution is 5.93. The van der Waals surface area contributed by atoms with Crippen LogP contribution >= 0.6 is 0 Å². The van der Waals surface area contributed by atoms with Crippen LogP contribution in [0.3, 0.4) is 0 Å². The summed E-state index contributed by atoms with van der Waals surface area (Å²) in [5.41, 5.74) is 6.39. The number of carbonyl (C=O) groups is 1. The van der Waals surface area contributed by atoms with Crippen LogP contribution in [0.5, 0.6) is 0 Å². The van der Waals surface area contributed by atoms with Gasteiger partial charge in [0.1, 0.15) is 0 Å². The molecule has 0 aromatic carbocycles. The van der Waals surface area contributed by atoms with Crippen LogP contribution in [0.4, 0.5) is 11.5 Å². The molecule has 0 aliphatic carbocycles. The number of hydrogen-bond acceptors (Lipinski definition) is 4. The molecular formula is C16H28N4O. The first kappa shape index (κ1) is 17.4. The molecule has 5 heteroatoms. The highest BCUT2D eigenvalue weighted by Crippen LogP contribution is 2.22. The van der Waals surface area contributed by atoms with Crippen LogP contribution in [0.2, 0.25) is 0 Å². The number of carbonyl (C=O) groups excluding carboxylic acids is 1. The number of pyridine rings is 1. The summed E-state index contributed by atoms with van der Waals surface area (Å²) in [6, 6.07) is 3.71. The molecule has 1 rings (SSSR count). The predicted octanol–water partition coefficient (Wildman–Crippen LogP) is 2.63. The molecular weight excluding hydrogens is 264 g/mol. The molecule has 118 valence electrons. The lowest BCUT2D eigenvalue weighted by Crippen LogP contribution is -2.18. The quantitative estimate of drug-likeness (QED) is 0.734. The van der Waals surface area contributed by atoms with Gasteiger partial charge in [-0.05, 0) is 37.4 Å².